The van der Waals surface area contributed by atoms with Gasteiger partial charge in [-0.3, -0.25) is 10.5 Å². The van der Waals surface area contributed by atoms with Crippen molar-refractivity contribution in [3.05, 3.63) is 47.2 Å². The summed E-state index contributed by atoms with van der Waals surface area (Å²) in [4.78, 5) is 0. The topological polar surface area (TPSA) is 83.5 Å². The zero-order valence-corrected chi connectivity index (χ0v) is 11.5. The van der Waals surface area contributed by atoms with Crippen LogP contribution < -0.4 is 11.3 Å². The van der Waals surface area contributed by atoms with Gasteiger partial charge in [0.1, 0.15) is 5.49 Å². The molecule has 3 aromatic rings. The third-order valence-corrected chi connectivity index (χ3v) is 3.59. The van der Waals surface area contributed by atoms with Gasteiger partial charge in [-0.2, -0.15) is 18.3 Å². The van der Waals surface area contributed by atoms with Crippen LogP contribution in [-0.2, 0) is 6.18 Å². The second kappa shape index (κ2) is 4.62. The predicted octanol–water partition coefficient (Wildman–Crippen LogP) is 2.55. The second-order valence-electron chi connectivity index (χ2n) is 4.94. The lowest BCUT2D eigenvalue weighted by Crippen LogP contribution is -2.28. The van der Waals surface area contributed by atoms with Gasteiger partial charge in [-0.25, -0.2) is 4.68 Å². The maximum absolute atomic E-state index is 13.1. The lowest BCUT2D eigenvalue weighted by atomic mass is 9.98. The van der Waals surface area contributed by atoms with Gasteiger partial charge in [0.05, 0.1) is 17.3 Å². The Morgan fingerprint density at radius 1 is 1.23 bits per heavy atom. The Kier molecular flexibility index (Phi) is 2.98. The molecule has 2 heterocycles. The number of aromatic amines is 1. The summed E-state index contributed by atoms with van der Waals surface area (Å²) < 4.78 is 40.3. The van der Waals surface area contributed by atoms with Crippen LogP contribution in [0.4, 0.5) is 13.2 Å². The normalized spacial score (nSPS) is 12.0. The molecule has 22 heavy (non-hydrogen) atoms. The van der Waals surface area contributed by atoms with Crippen molar-refractivity contribution < 1.29 is 13.2 Å². The molecule has 0 saturated carbocycles. The largest absolute Gasteiger partial charge is 0.416 e. The number of benzene rings is 1. The number of hydrogen-bond acceptors (Lipinski definition) is 3. The Morgan fingerprint density at radius 2 is 1.95 bits per heavy atom. The molecular weight excluding hydrogens is 295 g/mol. The van der Waals surface area contributed by atoms with Crippen LogP contribution in [0.15, 0.2) is 30.5 Å². The van der Waals surface area contributed by atoms with E-state index in [1.807, 2.05) is 0 Å². The van der Waals surface area contributed by atoms with Gasteiger partial charge in [-0.1, -0.05) is 0 Å². The molecule has 0 aliphatic heterocycles. The van der Waals surface area contributed by atoms with Crippen LogP contribution >= 0.6 is 0 Å². The first-order chi connectivity index (χ1) is 10.3. The van der Waals surface area contributed by atoms with Crippen molar-refractivity contribution in [2.75, 3.05) is 5.84 Å². The molecule has 114 valence electrons. The molecule has 8 heteroatoms. The molecule has 0 bridgehead atoms. The molecule has 0 unspecified atom stereocenters. The van der Waals surface area contributed by atoms with E-state index < -0.39 is 11.7 Å². The minimum absolute atomic E-state index is 0.0664. The molecule has 1 aromatic carbocycles. The molecule has 4 N–H and O–H groups in total. The first-order valence-corrected chi connectivity index (χ1v) is 6.36. The summed E-state index contributed by atoms with van der Waals surface area (Å²) in [5, 5.41) is 14.6. The van der Waals surface area contributed by atoms with Crippen LogP contribution in [0, 0.1) is 12.3 Å². The van der Waals surface area contributed by atoms with Crippen LogP contribution in [0.1, 0.15) is 11.3 Å². The van der Waals surface area contributed by atoms with Gasteiger partial charge >= 0.3 is 6.18 Å². The molecule has 0 fully saturated rings. The quantitative estimate of drug-likeness (QED) is 0.604. The van der Waals surface area contributed by atoms with Crippen molar-refractivity contribution in [2.24, 2.45) is 0 Å². The molecule has 0 aliphatic carbocycles. The third-order valence-electron chi connectivity index (χ3n) is 3.59. The third kappa shape index (κ3) is 2.12. The molecule has 0 saturated heterocycles. The van der Waals surface area contributed by atoms with Gasteiger partial charge in [-0.05, 0) is 36.8 Å². The minimum Gasteiger partial charge on any atom is -0.338 e. The Hall–Kier alpha value is -2.77. The maximum Gasteiger partial charge on any atom is 0.416 e. The Labute approximate surface area is 122 Å². The van der Waals surface area contributed by atoms with Gasteiger partial charge in [0.15, 0.2) is 0 Å². The van der Waals surface area contributed by atoms with E-state index in [4.69, 9.17) is 11.3 Å². The smallest absolute Gasteiger partial charge is 0.338 e. The fraction of sp³-hybridized carbons (Fsp3) is 0.143. The van der Waals surface area contributed by atoms with Crippen molar-refractivity contribution in [3.63, 3.8) is 0 Å². The van der Waals surface area contributed by atoms with E-state index >= 15 is 0 Å². The number of pyridine rings is 1. The molecule has 5 nitrogen and oxygen atoms in total. The van der Waals surface area contributed by atoms with Crippen molar-refractivity contribution in [3.8, 4) is 11.1 Å². The molecule has 0 radical (unpaired) electrons. The first kappa shape index (κ1) is 14.2. The van der Waals surface area contributed by atoms with E-state index in [-0.39, 0.29) is 5.49 Å². The van der Waals surface area contributed by atoms with Crippen molar-refractivity contribution in [2.45, 2.75) is 13.1 Å². The van der Waals surface area contributed by atoms with Crippen molar-refractivity contribution in [1.82, 2.24) is 14.9 Å². The number of nitrogens with two attached hydrogens (primary N) is 1. The highest BCUT2D eigenvalue weighted by Crippen LogP contribution is 2.37. The maximum atomic E-state index is 13.1. The first-order valence-electron chi connectivity index (χ1n) is 6.36. The number of nitrogens with one attached hydrogen (secondary N) is 2. The van der Waals surface area contributed by atoms with E-state index in [0.717, 1.165) is 16.8 Å². The zero-order valence-electron chi connectivity index (χ0n) is 11.5. The van der Waals surface area contributed by atoms with E-state index in [0.29, 0.717) is 27.7 Å². The Bertz CT molecular complexity index is 920. The number of aromatic nitrogens is 3. The lowest BCUT2D eigenvalue weighted by molar-refractivity contribution is -0.137. The number of fused-ring (bicyclic) bond motifs is 1. The van der Waals surface area contributed by atoms with Gasteiger partial charge in [0, 0.05) is 16.6 Å². The molecule has 0 amide bonds. The van der Waals surface area contributed by atoms with E-state index in [1.165, 1.54) is 12.3 Å². The van der Waals surface area contributed by atoms with Gasteiger partial charge in [0.25, 0.3) is 0 Å². The van der Waals surface area contributed by atoms with Crippen molar-refractivity contribution >= 4 is 10.9 Å². The summed E-state index contributed by atoms with van der Waals surface area (Å²) >= 11 is 0. The summed E-state index contributed by atoms with van der Waals surface area (Å²) in [6.07, 6.45) is -2.99. The van der Waals surface area contributed by atoms with Crippen LogP contribution in [0.25, 0.3) is 22.0 Å². The number of nitrogen functional groups attached to an aromatic ring is 1. The Balaban J connectivity index is 2.38. The van der Waals surface area contributed by atoms with Crippen molar-refractivity contribution in [1.29, 1.82) is 5.41 Å². The van der Waals surface area contributed by atoms with E-state index in [9.17, 15) is 13.2 Å². The molecule has 3 rings (SSSR count). The highest BCUT2D eigenvalue weighted by Gasteiger charge is 2.32. The number of rotatable bonds is 1. The molecule has 0 atom stereocenters. The van der Waals surface area contributed by atoms with Gasteiger partial charge in [0.2, 0.25) is 0 Å². The number of halogens is 3. The number of hydrogen-bond donors (Lipinski definition) is 3. The summed E-state index contributed by atoms with van der Waals surface area (Å²) in [7, 11) is 0. The van der Waals surface area contributed by atoms with Crippen LogP contribution in [-0.4, -0.2) is 14.9 Å². The fourth-order valence-electron chi connectivity index (χ4n) is 2.40. The van der Waals surface area contributed by atoms with E-state index in [1.54, 1.807) is 13.0 Å². The zero-order chi connectivity index (χ0) is 16.1. The standard InChI is InChI=1S/C14H12F3N5/c1-7-9(2-3-13(18)22(7)19)10-4-8(14(15,16)17)5-12-11(10)6-20-21-12/h2-6,18H,19H2,1H3,(H,20,21). The number of nitrogens with zero attached hydrogens (tertiary/aromatic N) is 2. The molecule has 0 aliphatic rings. The van der Waals surface area contributed by atoms with Crippen LogP contribution in [0.3, 0.4) is 0 Å². The predicted molar refractivity (Wildman–Crippen MR) is 75.3 cm³/mol. The van der Waals surface area contributed by atoms with Gasteiger partial charge < -0.3 is 5.84 Å². The average molecular weight is 307 g/mol. The number of alkyl halides is 3. The van der Waals surface area contributed by atoms with Crippen LogP contribution in [0.5, 0.6) is 0 Å². The van der Waals surface area contributed by atoms with Crippen LogP contribution in [0.2, 0.25) is 0 Å². The SMILES string of the molecule is Cc1c(-c2cc(C(F)(F)F)cc3[nH]ncc23)ccc(=N)n1N. The highest BCUT2D eigenvalue weighted by atomic mass is 19.4. The lowest BCUT2D eigenvalue weighted by Gasteiger charge is -2.14. The Morgan fingerprint density at radius 3 is 2.64 bits per heavy atom. The second-order valence-corrected chi connectivity index (χ2v) is 4.94. The molecule has 2 aromatic heterocycles. The molecule has 0 spiro atoms. The summed E-state index contributed by atoms with van der Waals surface area (Å²) in [5.74, 6) is 5.75. The number of H-pyrrole nitrogens is 1. The van der Waals surface area contributed by atoms with Gasteiger partial charge in [-0.15, -0.1) is 0 Å². The summed E-state index contributed by atoms with van der Waals surface area (Å²) in [6.45, 7) is 1.65. The highest BCUT2D eigenvalue weighted by molar-refractivity contribution is 5.95. The summed E-state index contributed by atoms with van der Waals surface area (Å²) in [6, 6.07) is 5.12. The minimum atomic E-state index is -4.46. The van der Waals surface area contributed by atoms with E-state index in [2.05, 4.69) is 10.2 Å². The average Bonchev–Trinajstić information content (AvgIpc) is 2.92. The molecular formula is C14H12F3N5. The summed E-state index contributed by atoms with van der Waals surface area (Å²) in [5.41, 5.74) is 0.984. The monoisotopic (exact) mass is 307 g/mol. The fourth-order valence-corrected chi connectivity index (χ4v) is 2.40.